The monoisotopic (exact) mass is 371 g/mol. The summed E-state index contributed by atoms with van der Waals surface area (Å²) in [5, 5.41) is 6.73. The fraction of sp³-hybridized carbons (Fsp3) is 0.222. The molecule has 0 bridgehead atoms. The first-order valence-electron chi connectivity index (χ1n) is 8.03. The Morgan fingerprint density at radius 2 is 2.04 bits per heavy atom. The van der Waals surface area contributed by atoms with E-state index in [1.807, 2.05) is 0 Å². The highest BCUT2D eigenvalue weighted by Crippen LogP contribution is 2.22. The Kier molecular flexibility index (Phi) is 5.20. The average molecular weight is 371 g/mol. The van der Waals surface area contributed by atoms with Crippen molar-refractivity contribution in [1.82, 2.24) is 9.72 Å². The van der Waals surface area contributed by atoms with E-state index >= 15 is 0 Å². The van der Waals surface area contributed by atoms with Crippen LogP contribution >= 0.6 is 0 Å². The van der Waals surface area contributed by atoms with E-state index in [-0.39, 0.29) is 12.4 Å². The van der Waals surface area contributed by atoms with Crippen LogP contribution in [0, 0.1) is 6.92 Å². The highest BCUT2D eigenvalue weighted by molar-refractivity contribution is 6.04. The largest absolute Gasteiger partial charge is 0.465 e. The Balaban J connectivity index is 1.64. The predicted octanol–water partition coefficient (Wildman–Crippen LogP) is 1.91. The molecule has 9 heteroatoms. The molecule has 3 aromatic rings. The Morgan fingerprint density at radius 1 is 1.26 bits per heavy atom. The van der Waals surface area contributed by atoms with Crippen molar-refractivity contribution < 1.29 is 28.4 Å². The van der Waals surface area contributed by atoms with Gasteiger partial charge < -0.3 is 23.9 Å². The normalized spacial score (nSPS) is 10.6. The predicted molar refractivity (Wildman–Crippen MR) is 94.1 cm³/mol. The molecule has 0 aliphatic heterocycles. The van der Waals surface area contributed by atoms with Crippen molar-refractivity contribution in [3.8, 4) is 0 Å². The molecule has 9 nitrogen and oxygen atoms in total. The van der Waals surface area contributed by atoms with Gasteiger partial charge in [0.25, 0.3) is 5.91 Å². The van der Waals surface area contributed by atoms with Crippen molar-refractivity contribution in [2.24, 2.45) is 0 Å². The number of nitrogens with zero attached hydrogens (tertiary/aromatic N) is 2. The van der Waals surface area contributed by atoms with Gasteiger partial charge in [0.1, 0.15) is 12.3 Å². The number of amides is 1. The van der Waals surface area contributed by atoms with Crippen LogP contribution < -0.4 is 5.32 Å². The SMILES string of the molecule is COC(=O)c1cn(CC(=O)OCC(=O)Nc2cc(C)on2)c2ccccc12. The van der Waals surface area contributed by atoms with E-state index in [2.05, 4.69) is 10.5 Å². The summed E-state index contributed by atoms with van der Waals surface area (Å²) in [5.41, 5.74) is 1.03. The van der Waals surface area contributed by atoms with Crippen LogP contribution in [0.4, 0.5) is 5.82 Å². The first-order valence-corrected chi connectivity index (χ1v) is 8.03. The minimum atomic E-state index is -0.626. The lowest BCUT2D eigenvalue weighted by Crippen LogP contribution is -2.23. The number of anilines is 1. The number of esters is 2. The van der Waals surface area contributed by atoms with Crippen LogP contribution in [-0.4, -0.2) is 41.3 Å². The van der Waals surface area contributed by atoms with Gasteiger partial charge >= 0.3 is 11.9 Å². The minimum absolute atomic E-state index is 0.159. The van der Waals surface area contributed by atoms with Gasteiger partial charge in [-0.25, -0.2) is 4.79 Å². The summed E-state index contributed by atoms with van der Waals surface area (Å²) in [5.74, 6) is -0.876. The maximum Gasteiger partial charge on any atom is 0.340 e. The summed E-state index contributed by atoms with van der Waals surface area (Å²) in [6, 6.07) is 8.65. The standard InChI is InChI=1S/C18H17N3O6/c1-11-7-15(20-27-11)19-16(22)10-26-17(23)9-21-8-13(18(24)25-2)12-5-3-4-6-14(12)21/h3-8H,9-10H2,1-2H3,(H,19,20,22). The molecule has 0 radical (unpaired) electrons. The molecule has 140 valence electrons. The highest BCUT2D eigenvalue weighted by atomic mass is 16.5. The van der Waals surface area contributed by atoms with Gasteiger partial charge in [0.05, 0.1) is 12.7 Å². The topological polar surface area (TPSA) is 113 Å². The van der Waals surface area contributed by atoms with E-state index in [4.69, 9.17) is 14.0 Å². The number of ether oxygens (including phenoxy) is 2. The van der Waals surface area contributed by atoms with Crippen molar-refractivity contribution in [3.05, 3.63) is 47.9 Å². The average Bonchev–Trinajstić information content (AvgIpc) is 3.23. The molecule has 27 heavy (non-hydrogen) atoms. The number of fused-ring (bicyclic) bond motifs is 1. The molecule has 0 atom stereocenters. The third-order valence-electron chi connectivity index (χ3n) is 3.75. The molecule has 0 fully saturated rings. The zero-order valence-corrected chi connectivity index (χ0v) is 14.7. The Hall–Kier alpha value is -3.62. The van der Waals surface area contributed by atoms with Crippen molar-refractivity contribution >= 4 is 34.6 Å². The number of rotatable bonds is 6. The molecule has 1 aromatic carbocycles. The quantitative estimate of drug-likeness (QED) is 0.659. The van der Waals surface area contributed by atoms with Gasteiger partial charge in [-0.15, -0.1) is 0 Å². The molecule has 0 aliphatic carbocycles. The number of carbonyl (C=O) groups excluding carboxylic acids is 3. The molecule has 0 spiro atoms. The third kappa shape index (κ3) is 4.14. The second-order valence-corrected chi connectivity index (χ2v) is 5.71. The van der Waals surface area contributed by atoms with Gasteiger partial charge in [-0.2, -0.15) is 0 Å². The summed E-state index contributed by atoms with van der Waals surface area (Å²) in [4.78, 5) is 35.8. The van der Waals surface area contributed by atoms with E-state index in [9.17, 15) is 14.4 Å². The second kappa shape index (κ2) is 7.73. The van der Waals surface area contributed by atoms with Gasteiger partial charge in [0.2, 0.25) is 0 Å². The van der Waals surface area contributed by atoms with Crippen LogP contribution in [0.5, 0.6) is 0 Å². The number of aryl methyl sites for hydroxylation is 1. The fourth-order valence-electron chi connectivity index (χ4n) is 2.59. The van der Waals surface area contributed by atoms with Crippen LogP contribution in [0.1, 0.15) is 16.1 Å². The lowest BCUT2D eigenvalue weighted by Gasteiger charge is -2.06. The molecule has 0 saturated carbocycles. The molecule has 0 unspecified atom stereocenters. The first kappa shape index (κ1) is 18.2. The summed E-state index contributed by atoms with van der Waals surface area (Å²) in [6.07, 6.45) is 1.52. The number of methoxy groups -OCH3 is 1. The molecule has 2 heterocycles. The molecule has 0 aliphatic rings. The number of aromatic nitrogens is 2. The Morgan fingerprint density at radius 3 is 2.74 bits per heavy atom. The Labute approximate surface area is 153 Å². The number of nitrogens with one attached hydrogen (secondary N) is 1. The number of para-hydroxylation sites is 1. The van der Waals surface area contributed by atoms with Crippen LogP contribution in [-0.2, 0) is 25.6 Å². The molecule has 3 rings (SSSR count). The summed E-state index contributed by atoms with van der Waals surface area (Å²) >= 11 is 0. The molecular weight excluding hydrogens is 354 g/mol. The van der Waals surface area contributed by atoms with E-state index in [0.717, 1.165) is 0 Å². The summed E-state index contributed by atoms with van der Waals surface area (Å²) in [6.45, 7) is 1.06. The fourth-order valence-corrected chi connectivity index (χ4v) is 2.59. The van der Waals surface area contributed by atoms with Gasteiger partial charge in [-0.3, -0.25) is 9.59 Å². The van der Waals surface area contributed by atoms with Crippen molar-refractivity contribution in [2.75, 3.05) is 19.0 Å². The smallest absolute Gasteiger partial charge is 0.340 e. The van der Waals surface area contributed by atoms with E-state index < -0.39 is 24.5 Å². The van der Waals surface area contributed by atoms with E-state index in [1.165, 1.54) is 13.3 Å². The van der Waals surface area contributed by atoms with Gasteiger partial charge in [0, 0.05) is 23.2 Å². The molecule has 0 saturated heterocycles. The minimum Gasteiger partial charge on any atom is -0.465 e. The molecule has 2 aromatic heterocycles. The number of carbonyl (C=O) groups is 3. The number of benzene rings is 1. The van der Waals surface area contributed by atoms with Crippen LogP contribution in [0.25, 0.3) is 10.9 Å². The summed E-state index contributed by atoms with van der Waals surface area (Å²) in [7, 11) is 1.29. The van der Waals surface area contributed by atoms with Gasteiger partial charge in [0.15, 0.2) is 12.4 Å². The second-order valence-electron chi connectivity index (χ2n) is 5.71. The van der Waals surface area contributed by atoms with Gasteiger partial charge in [-0.1, -0.05) is 23.4 Å². The van der Waals surface area contributed by atoms with Gasteiger partial charge in [-0.05, 0) is 13.0 Å². The van der Waals surface area contributed by atoms with Crippen molar-refractivity contribution in [3.63, 3.8) is 0 Å². The number of hydrogen-bond donors (Lipinski definition) is 1. The summed E-state index contributed by atoms with van der Waals surface area (Å²) < 4.78 is 16.2. The highest BCUT2D eigenvalue weighted by Gasteiger charge is 2.17. The molecule has 1 amide bonds. The van der Waals surface area contributed by atoms with Crippen LogP contribution in [0.3, 0.4) is 0 Å². The van der Waals surface area contributed by atoms with Crippen LogP contribution in [0.2, 0.25) is 0 Å². The van der Waals surface area contributed by atoms with Crippen molar-refractivity contribution in [1.29, 1.82) is 0 Å². The lowest BCUT2D eigenvalue weighted by molar-refractivity contribution is -0.147. The maximum atomic E-state index is 12.1. The number of hydrogen-bond acceptors (Lipinski definition) is 7. The first-order chi connectivity index (χ1) is 13.0. The zero-order chi connectivity index (χ0) is 19.4. The van der Waals surface area contributed by atoms with E-state index in [1.54, 1.807) is 41.8 Å². The lowest BCUT2D eigenvalue weighted by atomic mass is 10.2. The molecule has 1 N–H and O–H groups in total. The van der Waals surface area contributed by atoms with Crippen molar-refractivity contribution in [2.45, 2.75) is 13.5 Å². The zero-order valence-electron chi connectivity index (χ0n) is 14.7. The Bertz CT molecular complexity index is 1000. The third-order valence-corrected chi connectivity index (χ3v) is 3.75. The molecular formula is C18H17N3O6. The van der Waals surface area contributed by atoms with E-state index in [0.29, 0.717) is 22.2 Å². The van der Waals surface area contributed by atoms with Crippen LogP contribution in [0.15, 0.2) is 41.1 Å². The maximum absolute atomic E-state index is 12.1.